The van der Waals surface area contributed by atoms with Crippen molar-refractivity contribution < 1.29 is 13.7 Å². The molecule has 2 aromatic rings. The van der Waals surface area contributed by atoms with Gasteiger partial charge < -0.3 is 14.7 Å². The summed E-state index contributed by atoms with van der Waals surface area (Å²) in [5.74, 6) is 0.772. The summed E-state index contributed by atoms with van der Waals surface area (Å²) < 4.78 is 19.0. The van der Waals surface area contributed by atoms with E-state index in [1.807, 2.05) is 0 Å². The molecule has 0 aliphatic carbocycles. The van der Waals surface area contributed by atoms with Crippen LogP contribution in [0.4, 0.5) is 9.18 Å². The van der Waals surface area contributed by atoms with Gasteiger partial charge in [0, 0.05) is 24.8 Å². The third kappa shape index (κ3) is 3.52. The lowest BCUT2D eigenvalue weighted by atomic mass is 9.98. The minimum atomic E-state index is -0.438. The second-order valence-corrected chi connectivity index (χ2v) is 6.03. The van der Waals surface area contributed by atoms with Crippen molar-refractivity contribution >= 4 is 6.03 Å². The fourth-order valence-corrected chi connectivity index (χ4v) is 2.93. The molecule has 1 aliphatic heterocycles. The molecule has 1 aliphatic rings. The number of hydrogen-bond acceptors (Lipinski definition) is 5. The molecule has 0 aromatic carbocycles. The van der Waals surface area contributed by atoms with E-state index in [-0.39, 0.29) is 11.9 Å². The van der Waals surface area contributed by atoms with Crippen LogP contribution in [-0.4, -0.2) is 39.1 Å². The Hall–Kier alpha value is -2.51. The number of pyridine rings is 1. The SMILES string of the molecule is Cc1noc([C@@H]2CCCN(C(=O)N[C@@H](C)c3ccncc3F)C2)n1. The molecule has 0 saturated carbocycles. The van der Waals surface area contributed by atoms with Gasteiger partial charge >= 0.3 is 6.03 Å². The topological polar surface area (TPSA) is 84.2 Å². The smallest absolute Gasteiger partial charge is 0.317 e. The van der Waals surface area contributed by atoms with E-state index in [2.05, 4.69) is 20.4 Å². The molecule has 3 heterocycles. The molecule has 2 atom stereocenters. The van der Waals surface area contributed by atoms with Crippen LogP contribution in [0.15, 0.2) is 23.0 Å². The van der Waals surface area contributed by atoms with Crippen LogP contribution in [0.5, 0.6) is 0 Å². The zero-order valence-electron chi connectivity index (χ0n) is 13.7. The van der Waals surface area contributed by atoms with Gasteiger partial charge in [-0.25, -0.2) is 9.18 Å². The number of urea groups is 1. The van der Waals surface area contributed by atoms with Crippen molar-refractivity contribution in [3.63, 3.8) is 0 Å². The van der Waals surface area contributed by atoms with Gasteiger partial charge in [0.2, 0.25) is 5.89 Å². The van der Waals surface area contributed by atoms with Crippen LogP contribution >= 0.6 is 0 Å². The predicted octanol–water partition coefficient (Wildman–Crippen LogP) is 2.56. The Morgan fingerprint density at radius 3 is 3.08 bits per heavy atom. The summed E-state index contributed by atoms with van der Waals surface area (Å²) in [4.78, 5) is 22.2. The summed E-state index contributed by atoms with van der Waals surface area (Å²) in [7, 11) is 0. The maximum absolute atomic E-state index is 13.8. The van der Waals surface area contributed by atoms with Gasteiger partial charge in [-0.1, -0.05) is 5.16 Å². The fourth-order valence-electron chi connectivity index (χ4n) is 2.93. The Labute approximate surface area is 139 Å². The van der Waals surface area contributed by atoms with Gasteiger partial charge in [0.15, 0.2) is 5.82 Å². The van der Waals surface area contributed by atoms with Crippen molar-refractivity contribution in [2.45, 2.75) is 38.6 Å². The standard InChI is InChI=1S/C16H20FN5O2/c1-10(13-5-6-18-8-14(13)17)19-16(23)22-7-3-4-12(9-22)15-20-11(2)21-24-15/h5-6,8,10,12H,3-4,7,9H2,1-2H3,(H,19,23)/t10-,12+/m0/s1. The summed E-state index contributed by atoms with van der Waals surface area (Å²) in [6.45, 7) is 4.68. The zero-order chi connectivity index (χ0) is 17.1. The highest BCUT2D eigenvalue weighted by molar-refractivity contribution is 5.74. The lowest BCUT2D eigenvalue weighted by Gasteiger charge is -2.32. The molecule has 1 fully saturated rings. The molecule has 128 valence electrons. The van der Waals surface area contributed by atoms with Gasteiger partial charge in [0.25, 0.3) is 0 Å². The van der Waals surface area contributed by atoms with E-state index >= 15 is 0 Å². The molecular weight excluding hydrogens is 313 g/mol. The van der Waals surface area contributed by atoms with Crippen LogP contribution in [0.25, 0.3) is 0 Å². The minimum Gasteiger partial charge on any atom is -0.339 e. The van der Waals surface area contributed by atoms with Crippen molar-refractivity contribution in [3.8, 4) is 0 Å². The number of aromatic nitrogens is 3. The van der Waals surface area contributed by atoms with Gasteiger partial charge in [0.1, 0.15) is 5.82 Å². The number of piperidine rings is 1. The third-order valence-electron chi connectivity index (χ3n) is 4.21. The van der Waals surface area contributed by atoms with E-state index in [0.717, 1.165) is 19.0 Å². The van der Waals surface area contributed by atoms with Crippen LogP contribution in [0.2, 0.25) is 0 Å². The molecule has 8 heteroatoms. The van der Waals surface area contributed by atoms with E-state index < -0.39 is 11.9 Å². The first-order chi connectivity index (χ1) is 11.5. The number of likely N-dealkylation sites (tertiary alicyclic amines) is 1. The van der Waals surface area contributed by atoms with E-state index in [4.69, 9.17) is 4.52 Å². The number of carbonyl (C=O) groups excluding carboxylic acids is 1. The van der Waals surface area contributed by atoms with Gasteiger partial charge in [-0.2, -0.15) is 4.98 Å². The summed E-state index contributed by atoms with van der Waals surface area (Å²) in [6, 6.07) is 0.909. The van der Waals surface area contributed by atoms with E-state index in [1.165, 1.54) is 6.20 Å². The number of rotatable bonds is 3. The Morgan fingerprint density at radius 2 is 2.38 bits per heavy atom. The normalized spacial score (nSPS) is 19.1. The first kappa shape index (κ1) is 16.4. The average Bonchev–Trinajstić information content (AvgIpc) is 3.02. The number of aryl methyl sites for hydroxylation is 1. The molecule has 0 bridgehead atoms. The van der Waals surface area contributed by atoms with Crippen molar-refractivity contribution in [1.82, 2.24) is 25.3 Å². The van der Waals surface area contributed by atoms with Crippen molar-refractivity contribution in [2.24, 2.45) is 0 Å². The largest absolute Gasteiger partial charge is 0.339 e. The summed E-state index contributed by atoms with van der Waals surface area (Å²) in [6.07, 6.45) is 4.42. The molecule has 24 heavy (non-hydrogen) atoms. The molecule has 0 radical (unpaired) electrons. The van der Waals surface area contributed by atoms with E-state index in [1.54, 1.807) is 24.8 Å². The highest BCUT2D eigenvalue weighted by Crippen LogP contribution is 2.26. The van der Waals surface area contributed by atoms with Crippen LogP contribution < -0.4 is 5.32 Å². The molecule has 2 amide bonds. The van der Waals surface area contributed by atoms with Gasteiger partial charge in [-0.3, -0.25) is 4.98 Å². The minimum absolute atomic E-state index is 0.0404. The maximum Gasteiger partial charge on any atom is 0.317 e. The molecule has 2 aromatic heterocycles. The molecule has 7 nitrogen and oxygen atoms in total. The highest BCUT2D eigenvalue weighted by Gasteiger charge is 2.29. The molecular formula is C16H20FN5O2. The Morgan fingerprint density at radius 1 is 1.54 bits per heavy atom. The zero-order valence-corrected chi connectivity index (χ0v) is 13.7. The van der Waals surface area contributed by atoms with Gasteiger partial charge in [0.05, 0.1) is 18.2 Å². The maximum atomic E-state index is 13.8. The van der Waals surface area contributed by atoms with Crippen LogP contribution in [0, 0.1) is 12.7 Å². The molecule has 1 N–H and O–H groups in total. The van der Waals surface area contributed by atoms with Crippen molar-refractivity contribution in [2.75, 3.05) is 13.1 Å². The first-order valence-electron chi connectivity index (χ1n) is 7.99. The first-order valence-corrected chi connectivity index (χ1v) is 7.99. The number of nitrogens with zero attached hydrogens (tertiary/aromatic N) is 4. The third-order valence-corrected chi connectivity index (χ3v) is 4.21. The Bertz CT molecular complexity index is 720. The molecule has 3 rings (SSSR count). The molecule has 0 unspecified atom stereocenters. The van der Waals surface area contributed by atoms with Crippen LogP contribution in [0.1, 0.15) is 49.0 Å². The average molecular weight is 333 g/mol. The monoisotopic (exact) mass is 333 g/mol. The summed E-state index contributed by atoms with van der Waals surface area (Å²) in [5.41, 5.74) is 0.416. The van der Waals surface area contributed by atoms with Crippen LogP contribution in [-0.2, 0) is 0 Å². The van der Waals surface area contributed by atoms with Gasteiger partial charge in [-0.15, -0.1) is 0 Å². The number of hydrogen-bond donors (Lipinski definition) is 1. The van der Waals surface area contributed by atoms with Crippen molar-refractivity contribution in [3.05, 3.63) is 41.6 Å². The number of amides is 2. The second kappa shape index (κ2) is 6.94. The Balaban J connectivity index is 1.63. The lowest BCUT2D eigenvalue weighted by Crippen LogP contribution is -2.45. The number of carbonyl (C=O) groups is 1. The molecule has 1 saturated heterocycles. The van der Waals surface area contributed by atoms with Crippen LogP contribution in [0.3, 0.4) is 0 Å². The number of halogens is 1. The summed E-state index contributed by atoms with van der Waals surface area (Å²) >= 11 is 0. The van der Waals surface area contributed by atoms with E-state index in [0.29, 0.717) is 30.4 Å². The molecule has 0 spiro atoms. The predicted molar refractivity (Wildman–Crippen MR) is 83.7 cm³/mol. The van der Waals surface area contributed by atoms with Crippen molar-refractivity contribution in [1.29, 1.82) is 0 Å². The summed E-state index contributed by atoms with van der Waals surface area (Å²) in [5, 5.41) is 6.64. The second-order valence-electron chi connectivity index (χ2n) is 6.03. The van der Waals surface area contributed by atoms with E-state index in [9.17, 15) is 9.18 Å². The van der Waals surface area contributed by atoms with Gasteiger partial charge in [-0.05, 0) is 32.8 Å². The fraction of sp³-hybridized carbons (Fsp3) is 0.500. The quantitative estimate of drug-likeness (QED) is 0.933. The Kier molecular flexibility index (Phi) is 4.73. The lowest BCUT2D eigenvalue weighted by molar-refractivity contribution is 0.169. The highest BCUT2D eigenvalue weighted by atomic mass is 19.1. The number of nitrogens with one attached hydrogen (secondary N) is 1.